The average molecular weight is 322 g/mol. The minimum atomic E-state index is -0.633. The van der Waals surface area contributed by atoms with E-state index in [4.69, 9.17) is 16.9 Å². The minimum Gasteiger partial charge on any atom is -0.343 e. The smallest absolute Gasteiger partial charge is 0.251 e. The fourth-order valence-electron chi connectivity index (χ4n) is 1.90. The average Bonchev–Trinajstić information content (AvgIpc) is 2.49. The van der Waals surface area contributed by atoms with E-state index >= 15 is 0 Å². The molecule has 1 aromatic rings. The van der Waals surface area contributed by atoms with E-state index in [1.165, 1.54) is 4.90 Å². The number of benzene rings is 1. The number of carbonyl (C=O) groups excluding carboxylic acids is 2. The molecule has 22 heavy (non-hydrogen) atoms. The summed E-state index contributed by atoms with van der Waals surface area (Å²) in [4.78, 5) is 26.1. The molecular weight excluding hydrogens is 302 g/mol. The van der Waals surface area contributed by atoms with E-state index in [2.05, 4.69) is 5.32 Å². The van der Waals surface area contributed by atoms with Crippen molar-refractivity contribution in [1.82, 2.24) is 10.2 Å². The Kier molecular flexibility index (Phi) is 6.87. The molecule has 0 aliphatic heterocycles. The van der Waals surface area contributed by atoms with Gasteiger partial charge in [-0.25, -0.2) is 0 Å². The largest absolute Gasteiger partial charge is 0.343 e. The Labute approximate surface area is 135 Å². The summed E-state index contributed by atoms with van der Waals surface area (Å²) >= 11 is 5.79. The number of nitrogens with zero attached hydrogens (tertiary/aromatic N) is 2. The van der Waals surface area contributed by atoms with E-state index in [1.807, 2.05) is 19.9 Å². The lowest BCUT2D eigenvalue weighted by atomic mass is 10.0. The molecule has 0 bridgehead atoms. The van der Waals surface area contributed by atoms with Crippen molar-refractivity contribution in [2.75, 3.05) is 13.6 Å². The molecule has 1 rings (SSSR count). The maximum absolute atomic E-state index is 12.4. The Balaban J connectivity index is 2.79. The third-order valence-corrected chi connectivity index (χ3v) is 3.51. The van der Waals surface area contributed by atoms with Crippen LogP contribution < -0.4 is 5.32 Å². The summed E-state index contributed by atoms with van der Waals surface area (Å²) in [6.45, 7) is 4.07. The van der Waals surface area contributed by atoms with Crippen molar-refractivity contribution >= 4 is 23.4 Å². The molecule has 6 heteroatoms. The van der Waals surface area contributed by atoms with Crippen LogP contribution in [-0.4, -0.2) is 36.3 Å². The maximum Gasteiger partial charge on any atom is 0.251 e. The lowest BCUT2D eigenvalue weighted by Gasteiger charge is -2.26. The molecular formula is C16H20ClN3O2. The van der Waals surface area contributed by atoms with Gasteiger partial charge in [0.2, 0.25) is 5.91 Å². The number of likely N-dealkylation sites (N-methyl/N-ethyl adjacent to an activating group) is 1. The van der Waals surface area contributed by atoms with Crippen LogP contribution in [-0.2, 0) is 4.79 Å². The number of halogens is 1. The van der Waals surface area contributed by atoms with E-state index in [1.54, 1.807) is 31.3 Å². The number of nitrogens with one attached hydrogen (secondary N) is 1. The molecule has 0 radical (unpaired) electrons. The van der Waals surface area contributed by atoms with E-state index in [0.29, 0.717) is 17.1 Å². The van der Waals surface area contributed by atoms with Crippen LogP contribution in [0.5, 0.6) is 0 Å². The highest BCUT2D eigenvalue weighted by Gasteiger charge is 2.27. The molecule has 5 nitrogen and oxygen atoms in total. The van der Waals surface area contributed by atoms with Gasteiger partial charge in [0.05, 0.1) is 12.5 Å². The number of rotatable bonds is 6. The molecule has 0 fully saturated rings. The van der Waals surface area contributed by atoms with Gasteiger partial charge in [-0.2, -0.15) is 5.26 Å². The quantitative estimate of drug-likeness (QED) is 0.874. The van der Waals surface area contributed by atoms with Gasteiger partial charge in [-0.05, 0) is 30.2 Å². The molecule has 118 valence electrons. The zero-order valence-corrected chi connectivity index (χ0v) is 13.7. The topological polar surface area (TPSA) is 73.2 Å². The minimum absolute atomic E-state index is 0.0618. The van der Waals surface area contributed by atoms with Crippen LogP contribution in [0.1, 0.15) is 30.6 Å². The number of nitriles is 1. The van der Waals surface area contributed by atoms with Gasteiger partial charge in [0.15, 0.2) is 0 Å². The summed E-state index contributed by atoms with van der Waals surface area (Å²) in [6.07, 6.45) is 0.262. The first kappa shape index (κ1) is 18.0. The summed E-state index contributed by atoms with van der Waals surface area (Å²) in [7, 11) is 1.63. The summed E-state index contributed by atoms with van der Waals surface area (Å²) in [6, 6.07) is 7.84. The van der Waals surface area contributed by atoms with Crippen molar-refractivity contribution in [2.45, 2.75) is 26.3 Å². The highest BCUT2D eigenvalue weighted by Crippen LogP contribution is 2.11. The predicted octanol–water partition coefficient (Wildman–Crippen LogP) is 2.47. The van der Waals surface area contributed by atoms with Crippen LogP contribution in [0.25, 0.3) is 0 Å². The molecule has 0 saturated heterocycles. The van der Waals surface area contributed by atoms with Crippen LogP contribution in [0.4, 0.5) is 0 Å². The highest BCUT2D eigenvalue weighted by atomic mass is 35.5. The van der Waals surface area contributed by atoms with Gasteiger partial charge >= 0.3 is 0 Å². The molecule has 1 aromatic carbocycles. The first-order chi connectivity index (χ1) is 10.4. The van der Waals surface area contributed by atoms with Gasteiger partial charge in [0.1, 0.15) is 6.04 Å². The van der Waals surface area contributed by atoms with Crippen molar-refractivity contribution in [3.05, 3.63) is 34.9 Å². The second-order valence-corrected chi connectivity index (χ2v) is 5.81. The van der Waals surface area contributed by atoms with Crippen LogP contribution in [0.2, 0.25) is 5.02 Å². The number of hydrogen-bond acceptors (Lipinski definition) is 3. The van der Waals surface area contributed by atoms with Crippen molar-refractivity contribution in [2.24, 2.45) is 5.92 Å². The summed E-state index contributed by atoms with van der Waals surface area (Å²) in [5.74, 6) is -0.585. The Morgan fingerprint density at radius 1 is 1.32 bits per heavy atom. The van der Waals surface area contributed by atoms with Crippen molar-refractivity contribution < 1.29 is 9.59 Å². The summed E-state index contributed by atoms with van der Waals surface area (Å²) in [5, 5.41) is 11.9. The summed E-state index contributed by atoms with van der Waals surface area (Å²) < 4.78 is 0. The fraction of sp³-hybridized carbons (Fsp3) is 0.438. The van der Waals surface area contributed by atoms with Gasteiger partial charge < -0.3 is 10.2 Å². The lowest BCUT2D eigenvalue weighted by Crippen LogP contribution is -2.50. The zero-order valence-electron chi connectivity index (χ0n) is 13.0. The SMILES string of the molecule is CC(C)C(NC(=O)c1ccc(Cl)cc1)C(=O)N(C)CCC#N. The Bertz CT molecular complexity index is 564. The standard InChI is InChI=1S/C16H20ClN3O2/c1-11(2)14(16(22)20(3)10-4-9-18)19-15(21)12-5-7-13(17)8-6-12/h5-8,11,14H,4,10H2,1-3H3,(H,19,21). The Morgan fingerprint density at radius 2 is 1.91 bits per heavy atom. The summed E-state index contributed by atoms with van der Waals surface area (Å²) in [5.41, 5.74) is 0.447. The molecule has 0 aromatic heterocycles. The van der Waals surface area contributed by atoms with Crippen LogP contribution >= 0.6 is 11.6 Å². The predicted molar refractivity (Wildman–Crippen MR) is 85.4 cm³/mol. The normalized spacial score (nSPS) is 11.6. The monoisotopic (exact) mass is 321 g/mol. The van der Waals surface area contributed by atoms with E-state index in [9.17, 15) is 9.59 Å². The first-order valence-corrected chi connectivity index (χ1v) is 7.43. The molecule has 2 amide bonds. The van der Waals surface area contributed by atoms with Gasteiger partial charge in [-0.1, -0.05) is 25.4 Å². The molecule has 1 N–H and O–H groups in total. The van der Waals surface area contributed by atoms with E-state index < -0.39 is 6.04 Å². The number of carbonyl (C=O) groups is 2. The van der Waals surface area contributed by atoms with Gasteiger partial charge in [0.25, 0.3) is 5.91 Å². The number of hydrogen-bond donors (Lipinski definition) is 1. The Hall–Kier alpha value is -2.06. The molecule has 0 saturated carbocycles. The van der Waals surface area contributed by atoms with Gasteiger partial charge in [-0.15, -0.1) is 0 Å². The molecule has 0 aliphatic carbocycles. The second-order valence-electron chi connectivity index (χ2n) is 5.37. The molecule has 0 heterocycles. The molecule has 0 spiro atoms. The second kappa shape index (κ2) is 8.40. The van der Waals surface area contributed by atoms with E-state index in [-0.39, 0.29) is 24.2 Å². The van der Waals surface area contributed by atoms with Crippen molar-refractivity contribution in [3.8, 4) is 6.07 Å². The molecule has 1 atom stereocenters. The Morgan fingerprint density at radius 3 is 2.41 bits per heavy atom. The molecule has 1 unspecified atom stereocenters. The lowest BCUT2D eigenvalue weighted by molar-refractivity contribution is -0.132. The first-order valence-electron chi connectivity index (χ1n) is 7.05. The third-order valence-electron chi connectivity index (χ3n) is 3.26. The van der Waals surface area contributed by atoms with Crippen molar-refractivity contribution in [3.63, 3.8) is 0 Å². The highest BCUT2D eigenvalue weighted by molar-refractivity contribution is 6.30. The molecule has 0 aliphatic rings. The fourth-order valence-corrected chi connectivity index (χ4v) is 2.03. The van der Waals surface area contributed by atoms with Crippen molar-refractivity contribution in [1.29, 1.82) is 5.26 Å². The van der Waals surface area contributed by atoms with Crippen LogP contribution in [0, 0.1) is 17.2 Å². The zero-order chi connectivity index (χ0) is 16.7. The van der Waals surface area contributed by atoms with E-state index in [0.717, 1.165) is 0 Å². The number of amides is 2. The third kappa shape index (κ3) is 5.05. The van der Waals surface area contributed by atoms with Gasteiger partial charge in [0, 0.05) is 24.2 Å². The van der Waals surface area contributed by atoms with Gasteiger partial charge in [-0.3, -0.25) is 9.59 Å². The van der Waals surface area contributed by atoms with Crippen LogP contribution in [0.15, 0.2) is 24.3 Å². The maximum atomic E-state index is 12.4. The van der Waals surface area contributed by atoms with Crippen LogP contribution in [0.3, 0.4) is 0 Å².